The molecule has 2 aromatic carbocycles. The lowest BCUT2D eigenvalue weighted by molar-refractivity contribution is 0.415. The summed E-state index contributed by atoms with van der Waals surface area (Å²) in [6.45, 7) is 0. The molecule has 2 aliphatic rings. The van der Waals surface area contributed by atoms with Crippen LogP contribution in [0.15, 0.2) is 59.5 Å². The number of hydrazone groups is 1. The van der Waals surface area contributed by atoms with Crippen molar-refractivity contribution in [3.05, 3.63) is 54.4 Å². The molecule has 3 heterocycles. The molecule has 0 saturated carbocycles. The smallest absolute Gasteiger partial charge is 0.151 e. The van der Waals surface area contributed by atoms with Gasteiger partial charge in [0, 0.05) is 24.1 Å². The van der Waals surface area contributed by atoms with E-state index in [2.05, 4.69) is 63.2 Å². The first-order chi connectivity index (χ1) is 11.8. The second kappa shape index (κ2) is 4.64. The largest absolute Gasteiger partial charge is 0.497 e. The molecule has 5 heteroatoms. The summed E-state index contributed by atoms with van der Waals surface area (Å²) in [5.74, 6) is 1.87. The molecule has 3 aromatic rings. The van der Waals surface area contributed by atoms with Crippen molar-refractivity contribution in [3.8, 4) is 17.0 Å². The normalized spacial score (nSPS) is 15.0. The number of rotatable bonds is 1. The van der Waals surface area contributed by atoms with Crippen LogP contribution in [0, 0.1) is 0 Å². The first-order valence-electron chi connectivity index (χ1n) is 7.83. The van der Waals surface area contributed by atoms with Gasteiger partial charge >= 0.3 is 0 Å². The summed E-state index contributed by atoms with van der Waals surface area (Å²) in [5, 5.41) is 7.49. The highest BCUT2D eigenvalue weighted by molar-refractivity contribution is 5.99. The molecule has 0 amide bonds. The quantitative estimate of drug-likeness (QED) is 0.685. The topological polar surface area (TPSA) is 33.0 Å². The highest BCUT2D eigenvalue weighted by Crippen LogP contribution is 2.41. The lowest BCUT2D eigenvalue weighted by atomic mass is 10.1. The van der Waals surface area contributed by atoms with Crippen LogP contribution in [-0.4, -0.2) is 30.1 Å². The van der Waals surface area contributed by atoms with Crippen molar-refractivity contribution >= 4 is 29.1 Å². The van der Waals surface area contributed by atoms with Crippen LogP contribution in [-0.2, 0) is 0 Å². The van der Waals surface area contributed by atoms with Gasteiger partial charge in [0.05, 0.1) is 30.2 Å². The van der Waals surface area contributed by atoms with Gasteiger partial charge in [0.1, 0.15) is 12.1 Å². The van der Waals surface area contributed by atoms with E-state index in [0.29, 0.717) is 0 Å². The molecule has 0 spiro atoms. The van der Waals surface area contributed by atoms with E-state index in [1.165, 1.54) is 10.9 Å². The van der Waals surface area contributed by atoms with Crippen LogP contribution in [0.25, 0.3) is 28.4 Å². The number of methoxy groups -OCH3 is 1. The summed E-state index contributed by atoms with van der Waals surface area (Å²) in [4.78, 5) is 2.12. The summed E-state index contributed by atoms with van der Waals surface area (Å²) < 4.78 is 7.63. The van der Waals surface area contributed by atoms with E-state index in [9.17, 15) is 0 Å². The van der Waals surface area contributed by atoms with E-state index in [0.717, 1.165) is 28.5 Å². The monoisotopic (exact) mass is 316 g/mol. The molecular weight excluding hydrogens is 300 g/mol. The highest BCUT2D eigenvalue weighted by atomic mass is 16.5. The zero-order chi connectivity index (χ0) is 16.3. The fourth-order valence-electron chi connectivity index (χ4n) is 3.42. The fraction of sp³-hybridized carbons (Fsp3) is 0.105. The molecule has 0 N–H and O–H groups in total. The van der Waals surface area contributed by atoms with Crippen molar-refractivity contribution in [2.45, 2.75) is 0 Å². The van der Waals surface area contributed by atoms with Crippen LogP contribution >= 0.6 is 0 Å². The van der Waals surface area contributed by atoms with Crippen molar-refractivity contribution in [3.63, 3.8) is 0 Å². The Balaban J connectivity index is 1.89. The van der Waals surface area contributed by atoms with Crippen LogP contribution in [0.3, 0.4) is 0 Å². The summed E-state index contributed by atoms with van der Waals surface area (Å²) in [6.07, 6.45) is 3.99. The molecule has 0 fully saturated rings. The van der Waals surface area contributed by atoms with Crippen molar-refractivity contribution in [1.82, 2.24) is 9.58 Å². The lowest BCUT2D eigenvalue weighted by Gasteiger charge is -2.19. The van der Waals surface area contributed by atoms with Gasteiger partial charge in [0.2, 0.25) is 0 Å². The zero-order valence-electron chi connectivity index (χ0n) is 13.5. The molecule has 0 atom stereocenters. The average molecular weight is 316 g/mol. The van der Waals surface area contributed by atoms with E-state index in [1.54, 1.807) is 7.11 Å². The van der Waals surface area contributed by atoms with Gasteiger partial charge in [0.25, 0.3) is 0 Å². The Labute approximate surface area is 139 Å². The second-order valence-electron chi connectivity index (χ2n) is 5.95. The fourth-order valence-corrected chi connectivity index (χ4v) is 3.42. The Kier molecular flexibility index (Phi) is 2.56. The standard InChI is InChI=1S/C19H16N4O/c1-21-19-11-22-17-10-14(24-2)8-7-13(17)9-18(22)15-5-3-4-6-16(15)23(19)12-20-21/h3-12H,1-2H3. The molecule has 5 nitrogen and oxygen atoms in total. The molecule has 5 rings (SSSR count). The molecule has 0 saturated heterocycles. The third-order valence-corrected chi connectivity index (χ3v) is 4.65. The van der Waals surface area contributed by atoms with Gasteiger partial charge in [0.15, 0.2) is 5.82 Å². The van der Waals surface area contributed by atoms with Gasteiger partial charge < -0.3 is 9.30 Å². The van der Waals surface area contributed by atoms with Gasteiger partial charge in [-0.3, -0.25) is 4.90 Å². The van der Waals surface area contributed by atoms with Crippen LogP contribution in [0.1, 0.15) is 0 Å². The van der Waals surface area contributed by atoms with Gasteiger partial charge in [-0.05, 0) is 24.3 Å². The molecule has 118 valence electrons. The Bertz CT molecular complexity index is 1030. The van der Waals surface area contributed by atoms with Crippen LogP contribution in [0.2, 0.25) is 0 Å². The third-order valence-electron chi connectivity index (χ3n) is 4.65. The zero-order valence-corrected chi connectivity index (χ0v) is 13.5. The number of aromatic nitrogens is 1. The van der Waals surface area contributed by atoms with Gasteiger partial charge in [-0.2, -0.15) is 5.10 Å². The Morgan fingerprint density at radius 3 is 2.79 bits per heavy atom. The third kappa shape index (κ3) is 1.66. The Hall–Kier alpha value is -3.21. The Morgan fingerprint density at radius 1 is 1.04 bits per heavy atom. The number of para-hydroxylation sites is 1. The van der Waals surface area contributed by atoms with Crippen molar-refractivity contribution in [1.29, 1.82) is 0 Å². The molecular formula is C19H16N4O. The van der Waals surface area contributed by atoms with Crippen molar-refractivity contribution in [2.24, 2.45) is 5.10 Å². The minimum atomic E-state index is 0.854. The average Bonchev–Trinajstić information content (AvgIpc) is 3.12. The van der Waals surface area contributed by atoms with Gasteiger partial charge in [-0.25, -0.2) is 5.01 Å². The molecule has 2 aliphatic heterocycles. The molecule has 24 heavy (non-hydrogen) atoms. The maximum atomic E-state index is 5.41. The summed E-state index contributed by atoms with van der Waals surface area (Å²) >= 11 is 0. The predicted molar refractivity (Wildman–Crippen MR) is 96.9 cm³/mol. The maximum Gasteiger partial charge on any atom is 0.151 e. The maximum absolute atomic E-state index is 5.41. The molecule has 1 aromatic heterocycles. The van der Waals surface area contributed by atoms with E-state index in [1.807, 2.05) is 24.5 Å². The van der Waals surface area contributed by atoms with Crippen molar-refractivity contribution in [2.75, 3.05) is 19.1 Å². The minimum Gasteiger partial charge on any atom is -0.497 e. The summed E-state index contributed by atoms with van der Waals surface area (Å²) in [5.41, 5.74) is 4.59. The van der Waals surface area contributed by atoms with Crippen LogP contribution < -0.4 is 9.64 Å². The Morgan fingerprint density at radius 2 is 1.92 bits per heavy atom. The minimum absolute atomic E-state index is 0.854. The molecule has 0 radical (unpaired) electrons. The highest BCUT2D eigenvalue weighted by Gasteiger charge is 2.27. The van der Waals surface area contributed by atoms with Crippen LogP contribution in [0.5, 0.6) is 5.75 Å². The van der Waals surface area contributed by atoms with Crippen LogP contribution in [0.4, 0.5) is 5.69 Å². The van der Waals surface area contributed by atoms with Gasteiger partial charge in [-0.1, -0.05) is 18.2 Å². The number of fused-ring (bicyclic) bond motifs is 7. The molecule has 0 aliphatic carbocycles. The second-order valence-corrected chi connectivity index (χ2v) is 5.95. The number of hydrogen-bond acceptors (Lipinski definition) is 4. The number of hydrogen-bond donors (Lipinski definition) is 0. The number of benzene rings is 2. The van der Waals surface area contributed by atoms with E-state index in [4.69, 9.17) is 4.74 Å². The van der Waals surface area contributed by atoms with E-state index >= 15 is 0 Å². The summed E-state index contributed by atoms with van der Waals surface area (Å²) in [6, 6.07) is 16.8. The first kappa shape index (κ1) is 13.2. The molecule has 0 unspecified atom stereocenters. The van der Waals surface area contributed by atoms with E-state index < -0.39 is 0 Å². The van der Waals surface area contributed by atoms with Gasteiger partial charge in [-0.15, -0.1) is 0 Å². The van der Waals surface area contributed by atoms with Crippen molar-refractivity contribution < 1.29 is 4.74 Å². The first-order valence-corrected chi connectivity index (χ1v) is 7.83. The predicted octanol–water partition coefficient (Wildman–Crippen LogP) is 3.78. The SMILES string of the molecule is COc1ccc2cc3n(c2c1)C=C1N(C)N=CN1c1ccccc1-3. The number of anilines is 1. The molecule has 0 bridgehead atoms. The van der Waals surface area contributed by atoms with E-state index in [-0.39, 0.29) is 0 Å². The summed E-state index contributed by atoms with van der Waals surface area (Å²) in [7, 11) is 3.66. The number of ether oxygens (including phenoxy) is 1. The lowest BCUT2D eigenvalue weighted by Crippen LogP contribution is -2.21. The number of nitrogens with zero attached hydrogens (tertiary/aromatic N) is 4.